The first kappa shape index (κ1) is 19.2. The van der Waals surface area contributed by atoms with Crippen molar-refractivity contribution < 1.29 is 19.4 Å². The number of rotatable bonds is 7. The number of nitrogens with one attached hydrogen (secondary N) is 1. The van der Waals surface area contributed by atoms with E-state index in [0.29, 0.717) is 32.6 Å². The van der Waals surface area contributed by atoms with E-state index >= 15 is 0 Å². The first-order chi connectivity index (χ1) is 11.8. The van der Waals surface area contributed by atoms with Crippen LogP contribution in [0.5, 0.6) is 5.75 Å². The molecule has 1 aromatic carbocycles. The van der Waals surface area contributed by atoms with Gasteiger partial charge in [0, 0.05) is 26.6 Å². The van der Waals surface area contributed by atoms with E-state index in [2.05, 4.69) is 5.32 Å². The number of β-amino-alcohol motifs (C(OH)–C–C–N with tert-alkyl or cyclic N) is 1. The van der Waals surface area contributed by atoms with Crippen LogP contribution in [0, 0.1) is 0 Å². The molecule has 138 valence electrons. The van der Waals surface area contributed by atoms with Crippen LogP contribution >= 0.6 is 0 Å². The Bertz CT molecular complexity index is 605. The van der Waals surface area contributed by atoms with Crippen molar-refractivity contribution in [1.82, 2.24) is 15.1 Å². The zero-order valence-corrected chi connectivity index (χ0v) is 15.1. The number of methoxy groups -OCH3 is 1. The molecule has 0 saturated carbocycles. The van der Waals surface area contributed by atoms with Crippen molar-refractivity contribution in [2.75, 3.05) is 40.3 Å². The normalized spacial score (nSPS) is 20.0. The summed E-state index contributed by atoms with van der Waals surface area (Å²) in [6.07, 6.45) is 0.533. The number of nitrogens with zero attached hydrogens (tertiary/aromatic N) is 2. The topological polar surface area (TPSA) is 82.1 Å². The molecule has 1 heterocycles. The van der Waals surface area contributed by atoms with Crippen LogP contribution in [-0.2, 0) is 16.1 Å². The summed E-state index contributed by atoms with van der Waals surface area (Å²) in [5.74, 6) is 0.417. The van der Waals surface area contributed by atoms with Crippen LogP contribution in [0.15, 0.2) is 24.3 Å². The summed E-state index contributed by atoms with van der Waals surface area (Å²) < 4.78 is 5.15. The molecule has 1 atom stereocenters. The van der Waals surface area contributed by atoms with Crippen LogP contribution in [0.25, 0.3) is 0 Å². The Morgan fingerprint density at radius 2 is 2.04 bits per heavy atom. The fourth-order valence-electron chi connectivity index (χ4n) is 3.11. The Hall–Kier alpha value is -2.12. The third-order valence-electron chi connectivity index (χ3n) is 4.35. The highest BCUT2D eigenvalue weighted by molar-refractivity contribution is 5.83. The van der Waals surface area contributed by atoms with E-state index < -0.39 is 5.60 Å². The average molecular weight is 349 g/mol. The fraction of sp³-hybridized carbons (Fsp3) is 0.556. The number of benzene rings is 1. The lowest BCUT2D eigenvalue weighted by molar-refractivity contribution is -0.132. The van der Waals surface area contributed by atoms with Crippen molar-refractivity contribution in [3.63, 3.8) is 0 Å². The standard InChI is InChI=1S/C18H27N3O4/c1-14(22)19-10-17(23)21-9-8-18(24,13-21)12-20(2)11-15-4-6-16(25-3)7-5-15/h4-7,24H,8-13H2,1-3H3,(H,19,22)/t18-/m0/s1. The van der Waals surface area contributed by atoms with Crippen LogP contribution in [0.2, 0.25) is 0 Å². The predicted octanol–water partition coefficient (Wildman–Crippen LogP) is 0.227. The Labute approximate surface area is 148 Å². The molecule has 0 spiro atoms. The van der Waals surface area contributed by atoms with Gasteiger partial charge in [-0.25, -0.2) is 0 Å². The SMILES string of the molecule is COc1ccc(CN(C)C[C@@]2(O)CCN(C(=O)CNC(C)=O)C2)cc1. The van der Waals surface area contributed by atoms with Gasteiger partial charge in [-0.1, -0.05) is 12.1 Å². The van der Waals surface area contributed by atoms with E-state index in [1.54, 1.807) is 12.0 Å². The minimum Gasteiger partial charge on any atom is -0.497 e. The number of hydrogen-bond donors (Lipinski definition) is 2. The molecule has 1 aromatic rings. The van der Waals surface area contributed by atoms with E-state index in [4.69, 9.17) is 4.74 Å². The lowest BCUT2D eigenvalue weighted by Gasteiger charge is -2.29. The molecule has 0 aliphatic carbocycles. The van der Waals surface area contributed by atoms with Crippen LogP contribution in [-0.4, -0.2) is 72.7 Å². The van der Waals surface area contributed by atoms with Crippen molar-refractivity contribution in [3.8, 4) is 5.75 Å². The Kier molecular flexibility index (Phi) is 6.39. The van der Waals surface area contributed by atoms with Gasteiger partial charge in [0.05, 0.1) is 25.8 Å². The van der Waals surface area contributed by atoms with Crippen LogP contribution in [0.3, 0.4) is 0 Å². The van der Waals surface area contributed by atoms with Gasteiger partial charge in [-0.2, -0.15) is 0 Å². The summed E-state index contributed by atoms with van der Waals surface area (Å²) in [5, 5.41) is 13.3. The Balaban J connectivity index is 1.84. The summed E-state index contributed by atoms with van der Waals surface area (Å²) in [5.41, 5.74) is 0.205. The molecular formula is C18H27N3O4. The lowest BCUT2D eigenvalue weighted by atomic mass is 10.0. The van der Waals surface area contributed by atoms with Gasteiger partial charge in [0.2, 0.25) is 11.8 Å². The molecule has 7 nitrogen and oxygen atoms in total. The molecule has 1 aliphatic rings. The van der Waals surface area contributed by atoms with Crippen molar-refractivity contribution >= 4 is 11.8 Å². The van der Waals surface area contributed by atoms with Gasteiger partial charge < -0.3 is 20.1 Å². The quantitative estimate of drug-likeness (QED) is 0.736. The van der Waals surface area contributed by atoms with Gasteiger partial charge in [-0.15, -0.1) is 0 Å². The monoisotopic (exact) mass is 349 g/mol. The second-order valence-corrected chi connectivity index (χ2v) is 6.72. The first-order valence-corrected chi connectivity index (χ1v) is 8.37. The molecular weight excluding hydrogens is 322 g/mol. The number of aliphatic hydroxyl groups is 1. The molecule has 2 rings (SSSR count). The molecule has 7 heteroatoms. The van der Waals surface area contributed by atoms with E-state index in [1.807, 2.05) is 36.2 Å². The second-order valence-electron chi connectivity index (χ2n) is 6.72. The number of carbonyl (C=O) groups excluding carboxylic acids is 2. The van der Waals surface area contributed by atoms with Crippen LogP contribution in [0.4, 0.5) is 0 Å². The molecule has 1 fully saturated rings. The third-order valence-corrected chi connectivity index (χ3v) is 4.35. The molecule has 1 saturated heterocycles. The van der Waals surface area contributed by atoms with Crippen molar-refractivity contribution in [1.29, 1.82) is 0 Å². The number of ether oxygens (including phenoxy) is 1. The molecule has 0 bridgehead atoms. The summed E-state index contributed by atoms with van der Waals surface area (Å²) in [6.45, 7) is 3.33. The largest absolute Gasteiger partial charge is 0.497 e. The molecule has 1 aliphatic heterocycles. The maximum Gasteiger partial charge on any atom is 0.242 e. The van der Waals surface area contributed by atoms with Gasteiger partial charge in [0.25, 0.3) is 0 Å². The fourth-order valence-corrected chi connectivity index (χ4v) is 3.11. The predicted molar refractivity (Wildman–Crippen MR) is 94.2 cm³/mol. The van der Waals surface area contributed by atoms with E-state index in [-0.39, 0.29) is 18.4 Å². The van der Waals surface area contributed by atoms with Crippen LogP contribution in [0.1, 0.15) is 18.9 Å². The van der Waals surface area contributed by atoms with Gasteiger partial charge in [-0.05, 0) is 31.2 Å². The zero-order valence-electron chi connectivity index (χ0n) is 15.1. The molecule has 2 amide bonds. The lowest BCUT2D eigenvalue weighted by Crippen LogP contribution is -2.45. The second kappa shape index (κ2) is 8.31. The van der Waals surface area contributed by atoms with E-state index in [9.17, 15) is 14.7 Å². The van der Waals surface area contributed by atoms with E-state index in [0.717, 1.165) is 11.3 Å². The molecule has 0 unspecified atom stereocenters. The summed E-state index contributed by atoms with van der Waals surface area (Å²) in [6, 6.07) is 7.82. The summed E-state index contributed by atoms with van der Waals surface area (Å²) in [7, 11) is 3.58. The number of hydrogen-bond acceptors (Lipinski definition) is 5. The van der Waals surface area contributed by atoms with Gasteiger partial charge in [0.1, 0.15) is 5.75 Å². The highest BCUT2D eigenvalue weighted by Crippen LogP contribution is 2.23. The Morgan fingerprint density at radius 3 is 2.64 bits per heavy atom. The minimum absolute atomic E-state index is 0.0207. The number of amides is 2. The molecule has 2 N–H and O–H groups in total. The molecule has 0 radical (unpaired) electrons. The highest BCUT2D eigenvalue weighted by atomic mass is 16.5. The molecule has 0 aromatic heterocycles. The molecule has 25 heavy (non-hydrogen) atoms. The first-order valence-electron chi connectivity index (χ1n) is 8.37. The number of likely N-dealkylation sites (tertiary alicyclic amines) is 1. The summed E-state index contributed by atoms with van der Waals surface area (Å²) >= 11 is 0. The van der Waals surface area contributed by atoms with Gasteiger partial charge in [0.15, 0.2) is 0 Å². The van der Waals surface area contributed by atoms with Crippen molar-refractivity contribution in [2.45, 2.75) is 25.5 Å². The average Bonchev–Trinajstić information content (AvgIpc) is 2.95. The smallest absolute Gasteiger partial charge is 0.242 e. The van der Waals surface area contributed by atoms with Gasteiger partial charge >= 0.3 is 0 Å². The Morgan fingerprint density at radius 1 is 1.36 bits per heavy atom. The van der Waals surface area contributed by atoms with Crippen molar-refractivity contribution in [3.05, 3.63) is 29.8 Å². The zero-order chi connectivity index (χ0) is 18.4. The highest BCUT2D eigenvalue weighted by Gasteiger charge is 2.38. The van der Waals surface area contributed by atoms with Crippen LogP contribution < -0.4 is 10.1 Å². The minimum atomic E-state index is -0.924. The number of likely N-dealkylation sites (N-methyl/N-ethyl adjacent to an activating group) is 1. The maximum atomic E-state index is 12.0. The number of carbonyl (C=O) groups is 2. The maximum absolute atomic E-state index is 12.0. The van der Waals surface area contributed by atoms with Gasteiger partial charge in [-0.3, -0.25) is 14.5 Å². The summed E-state index contributed by atoms with van der Waals surface area (Å²) in [4.78, 5) is 26.6. The third kappa shape index (κ3) is 5.72. The van der Waals surface area contributed by atoms with E-state index in [1.165, 1.54) is 6.92 Å². The van der Waals surface area contributed by atoms with Crippen molar-refractivity contribution in [2.24, 2.45) is 0 Å².